The van der Waals surface area contributed by atoms with E-state index in [1.54, 1.807) is 24.3 Å². The molecular formula is C18H22F3N3. The van der Waals surface area contributed by atoms with Gasteiger partial charge in [-0.25, -0.2) is 5.01 Å². The average Bonchev–Trinajstić information content (AvgIpc) is 2.48. The molecule has 0 aromatic heterocycles. The van der Waals surface area contributed by atoms with Crippen molar-refractivity contribution in [3.05, 3.63) is 60.6 Å². The van der Waals surface area contributed by atoms with Crippen molar-refractivity contribution in [3.8, 4) is 0 Å². The number of aliphatic imine (C=N–C) groups is 1. The Labute approximate surface area is 141 Å². The number of hydrogen-bond donors (Lipinski definition) is 0. The first-order valence-corrected chi connectivity index (χ1v) is 7.46. The molecule has 1 aliphatic heterocycles. The second kappa shape index (κ2) is 8.47. The third-order valence-electron chi connectivity index (χ3n) is 3.36. The number of allylic oxidation sites excluding steroid dienone is 6. The Morgan fingerprint density at radius 1 is 1.33 bits per heavy atom. The number of hydrogen-bond acceptors (Lipinski definition) is 3. The van der Waals surface area contributed by atoms with Crippen molar-refractivity contribution >= 4 is 11.4 Å². The summed E-state index contributed by atoms with van der Waals surface area (Å²) in [6.07, 6.45) is 3.22. The molecule has 1 rings (SSSR count). The molecule has 0 amide bonds. The van der Waals surface area contributed by atoms with Crippen LogP contribution in [-0.2, 0) is 0 Å². The number of hydrazone groups is 1. The summed E-state index contributed by atoms with van der Waals surface area (Å²) in [5.41, 5.74) is 2.17. The minimum Gasteiger partial charge on any atom is -0.258 e. The first-order valence-electron chi connectivity index (χ1n) is 7.46. The van der Waals surface area contributed by atoms with E-state index >= 15 is 0 Å². The van der Waals surface area contributed by atoms with Gasteiger partial charge in [0, 0.05) is 18.1 Å². The van der Waals surface area contributed by atoms with Crippen LogP contribution in [0.4, 0.5) is 13.2 Å². The minimum absolute atomic E-state index is 0.483. The highest BCUT2D eigenvalue weighted by Gasteiger charge is 2.31. The lowest BCUT2D eigenvalue weighted by molar-refractivity contribution is -0.0882. The first-order chi connectivity index (χ1) is 11.1. The topological polar surface area (TPSA) is 28.0 Å². The van der Waals surface area contributed by atoms with Crippen LogP contribution in [0.1, 0.15) is 33.6 Å². The monoisotopic (exact) mass is 337 g/mol. The van der Waals surface area contributed by atoms with Gasteiger partial charge in [0.1, 0.15) is 0 Å². The molecule has 3 nitrogen and oxygen atoms in total. The highest BCUT2D eigenvalue weighted by molar-refractivity contribution is 5.98. The lowest BCUT2D eigenvalue weighted by atomic mass is 10.1. The van der Waals surface area contributed by atoms with Crippen LogP contribution in [0.3, 0.4) is 0 Å². The summed E-state index contributed by atoms with van der Waals surface area (Å²) in [6.45, 7) is 12.6. The zero-order valence-corrected chi connectivity index (χ0v) is 14.2. The van der Waals surface area contributed by atoms with E-state index < -0.39 is 11.7 Å². The van der Waals surface area contributed by atoms with Gasteiger partial charge in [0.2, 0.25) is 0 Å². The van der Waals surface area contributed by atoms with E-state index in [-0.39, 0.29) is 0 Å². The molecule has 0 spiro atoms. The molecule has 24 heavy (non-hydrogen) atoms. The van der Waals surface area contributed by atoms with Crippen LogP contribution >= 0.6 is 0 Å². The van der Waals surface area contributed by atoms with Crippen LogP contribution in [0.5, 0.6) is 0 Å². The molecule has 1 heterocycles. The second-order valence-electron chi connectivity index (χ2n) is 5.49. The molecule has 0 N–H and O–H groups in total. The summed E-state index contributed by atoms with van der Waals surface area (Å²) in [4.78, 5) is 4.11. The van der Waals surface area contributed by atoms with Crippen molar-refractivity contribution < 1.29 is 13.2 Å². The number of halogens is 3. The van der Waals surface area contributed by atoms with Gasteiger partial charge in [0.05, 0.1) is 17.0 Å². The third kappa shape index (κ3) is 6.02. The van der Waals surface area contributed by atoms with Gasteiger partial charge in [-0.15, -0.1) is 0 Å². The van der Waals surface area contributed by atoms with E-state index in [1.807, 2.05) is 13.8 Å². The van der Waals surface area contributed by atoms with Gasteiger partial charge in [-0.1, -0.05) is 37.0 Å². The van der Waals surface area contributed by atoms with Gasteiger partial charge in [0.25, 0.3) is 0 Å². The van der Waals surface area contributed by atoms with Gasteiger partial charge >= 0.3 is 6.18 Å². The Morgan fingerprint density at radius 3 is 2.58 bits per heavy atom. The SMILES string of the molecule is C=CC=C(C=C(C)CCC(C)=NN1C=CN=C(C)C1=C)C(F)(F)F. The Balaban J connectivity index is 2.72. The maximum Gasteiger partial charge on any atom is 0.416 e. The number of nitrogens with zero attached hydrogens (tertiary/aromatic N) is 3. The van der Waals surface area contributed by atoms with E-state index in [0.29, 0.717) is 24.1 Å². The Kier molecular flexibility index (Phi) is 6.95. The summed E-state index contributed by atoms with van der Waals surface area (Å²) < 4.78 is 38.5. The molecule has 0 fully saturated rings. The van der Waals surface area contributed by atoms with E-state index in [2.05, 4.69) is 23.3 Å². The van der Waals surface area contributed by atoms with Gasteiger partial charge in [-0.2, -0.15) is 18.3 Å². The van der Waals surface area contributed by atoms with Crippen molar-refractivity contribution in [2.45, 2.75) is 39.8 Å². The summed E-state index contributed by atoms with van der Waals surface area (Å²) in [5, 5.41) is 6.03. The molecule has 0 saturated heterocycles. The molecule has 6 heteroatoms. The van der Waals surface area contributed by atoms with Crippen LogP contribution in [0.2, 0.25) is 0 Å². The largest absolute Gasteiger partial charge is 0.416 e. The molecule has 0 saturated carbocycles. The lowest BCUT2D eigenvalue weighted by Gasteiger charge is -2.20. The maximum absolute atomic E-state index is 12.8. The quantitative estimate of drug-likeness (QED) is 0.463. The molecule has 0 unspecified atom stereocenters. The van der Waals surface area contributed by atoms with E-state index in [4.69, 9.17) is 0 Å². The fourth-order valence-corrected chi connectivity index (χ4v) is 1.93. The van der Waals surface area contributed by atoms with Crippen molar-refractivity contribution in [1.82, 2.24) is 5.01 Å². The third-order valence-corrected chi connectivity index (χ3v) is 3.36. The predicted molar refractivity (Wildman–Crippen MR) is 93.7 cm³/mol. The first kappa shape index (κ1) is 19.7. The molecule has 1 aliphatic rings. The second-order valence-corrected chi connectivity index (χ2v) is 5.49. The van der Waals surface area contributed by atoms with Gasteiger partial charge < -0.3 is 0 Å². The van der Waals surface area contributed by atoms with Gasteiger partial charge in [-0.05, 0) is 33.6 Å². The average molecular weight is 337 g/mol. The summed E-state index contributed by atoms with van der Waals surface area (Å²) in [5.74, 6) is 0. The Bertz CT molecular complexity index is 647. The molecule has 0 aromatic rings. The smallest absolute Gasteiger partial charge is 0.258 e. The summed E-state index contributed by atoms with van der Waals surface area (Å²) in [6, 6.07) is 0. The van der Waals surface area contributed by atoms with Gasteiger partial charge in [0.15, 0.2) is 0 Å². The molecular weight excluding hydrogens is 315 g/mol. The normalized spacial score (nSPS) is 17.2. The Hall–Kier alpha value is -2.37. The minimum atomic E-state index is -4.38. The van der Waals surface area contributed by atoms with Crippen molar-refractivity contribution in [2.75, 3.05) is 0 Å². The molecule has 0 atom stereocenters. The van der Waals surface area contributed by atoms with Crippen LogP contribution < -0.4 is 0 Å². The lowest BCUT2D eigenvalue weighted by Crippen LogP contribution is -2.19. The van der Waals surface area contributed by atoms with Crippen LogP contribution in [0.15, 0.2) is 70.7 Å². The van der Waals surface area contributed by atoms with Crippen LogP contribution in [0, 0.1) is 0 Å². The fraction of sp³-hybridized carbons (Fsp3) is 0.333. The zero-order valence-electron chi connectivity index (χ0n) is 14.2. The van der Waals surface area contributed by atoms with Crippen LogP contribution in [0.25, 0.3) is 0 Å². The van der Waals surface area contributed by atoms with E-state index in [1.165, 1.54) is 0 Å². The number of alkyl halides is 3. The Morgan fingerprint density at radius 2 is 2.00 bits per heavy atom. The van der Waals surface area contributed by atoms with Gasteiger partial charge in [-0.3, -0.25) is 4.99 Å². The molecule has 0 radical (unpaired) electrons. The van der Waals surface area contributed by atoms with Crippen molar-refractivity contribution in [3.63, 3.8) is 0 Å². The molecule has 0 bridgehead atoms. The highest BCUT2D eigenvalue weighted by Crippen LogP contribution is 2.28. The molecule has 0 aromatic carbocycles. The standard InChI is InChI=1S/C18H22F3N3/c1-6-7-17(18(19,20)21)12-13(2)8-9-14(3)23-24-11-10-22-15(4)16(24)5/h6-7,10-12H,1,5,8-9H2,2-4H3. The maximum atomic E-state index is 12.8. The summed E-state index contributed by atoms with van der Waals surface area (Å²) >= 11 is 0. The van der Waals surface area contributed by atoms with Crippen molar-refractivity contribution in [1.29, 1.82) is 0 Å². The predicted octanol–water partition coefficient (Wildman–Crippen LogP) is 5.52. The van der Waals surface area contributed by atoms with E-state index in [0.717, 1.165) is 29.7 Å². The molecule has 130 valence electrons. The fourth-order valence-electron chi connectivity index (χ4n) is 1.93. The zero-order chi connectivity index (χ0) is 18.3. The number of rotatable bonds is 6. The van der Waals surface area contributed by atoms with Crippen LogP contribution in [-0.4, -0.2) is 22.6 Å². The summed E-state index contributed by atoms with van der Waals surface area (Å²) in [7, 11) is 0. The molecule has 0 aliphatic carbocycles. The van der Waals surface area contributed by atoms with Crippen molar-refractivity contribution in [2.24, 2.45) is 10.1 Å². The van der Waals surface area contributed by atoms with E-state index in [9.17, 15) is 13.2 Å². The highest BCUT2D eigenvalue weighted by atomic mass is 19.4.